The minimum absolute atomic E-state index is 0.599. The van der Waals surface area contributed by atoms with Crippen molar-refractivity contribution in [2.45, 2.75) is 20.3 Å². The van der Waals surface area contributed by atoms with Crippen molar-refractivity contribution < 1.29 is 0 Å². The first-order valence-corrected chi connectivity index (χ1v) is 6.51. The molecule has 0 amide bonds. The first kappa shape index (κ1) is 11.3. The first-order chi connectivity index (χ1) is 7.81. The second-order valence-electron chi connectivity index (χ2n) is 4.04. The lowest BCUT2D eigenvalue weighted by Crippen LogP contribution is -2.01. The van der Waals surface area contributed by atoms with Crippen molar-refractivity contribution in [1.82, 2.24) is 4.98 Å². The Morgan fingerprint density at radius 1 is 1.44 bits per heavy atom. The Bertz CT molecular complexity index is 434. The molecule has 2 heteroatoms. The molecule has 83 valence electrons. The summed E-state index contributed by atoms with van der Waals surface area (Å²) in [4.78, 5) is 4.50. The van der Waals surface area contributed by atoms with Crippen LogP contribution >= 0.6 is 11.3 Å². The monoisotopic (exact) mass is 230 g/mol. The number of hydrogen-bond donors (Lipinski definition) is 0. The van der Waals surface area contributed by atoms with Crippen LogP contribution in [0, 0.1) is 12.3 Å². The van der Waals surface area contributed by atoms with Gasteiger partial charge in [0.05, 0.1) is 5.69 Å². The fourth-order valence-corrected chi connectivity index (χ4v) is 2.37. The van der Waals surface area contributed by atoms with Crippen LogP contribution < -0.4 is 0 Å². The predicted octanol–water partition coefficient (Wildman–Crippen LogP) is 4.21. The number of nitrogens with zero attached hydrogens (tertiary/aromatic N) is 1. The molecule has 1 radical (unpaired) electrons. The van der Waals surface area contributed by atoms with E-state index in [1.807, 2.05) is 12.3 Å². The number of thiophene rings is 1. The van der Waals surface area contributed by atoms with Gasteiger partial charge in [0.2, 0.25) is 0 Å². The molecule has 0 bridgehead atoms. The van der Waals surface area contributed by atoms with E-state index in [0.717, 1.165) is 12.1 Å². The lowest BCUT2D eigenvalue weighted by Gasteiger charge is -2.11. The van der Waals surface area contributed by atoms with Crippen molar-refractivity contribution in [3.63, 3.8) is 0 Å². The summed E-state index contributed by atoms with van der Waals surface area (Å²) in [5.74, 6) is 0.599. The minimum atomic E-state index is 0.599. The molecular weight excluding hydrogens is 214 g/mol. The van der Waals surface area contributed by atoms with Gasteiger partial charge in [0, 0.05) is 17.1 Å². The summed E-state index contributed by atoms with van der Waals surface area (Å²) in [6.07, 6.45) is 5.18. The van der Waals surface area contributed by atoms with Crippen LogP contribution in [0.25, 0.3) is 11.3 Å². The van der Waals surface area contributed by atoms with Crippen LogP contribution in [-0.4, -0.2) is 4.98 Å². The number of aromatic nitrogens is 1. The molecule has 1 nitrogen and oxygen atoms in total. The zero-order chi connectivity index (χ0) is 11.4. The van der Waals surface area contributed by atoms with Crippen molar-refractivity contribution in [1.29, 1.82) is 0 Å². The van der Waals surface area contributed by atoms with E-state index >= 15 is 0 Å². The van der Waals surface area contributed by atoms with Gasteiger partial charge < -0.3 is 0 Å². The van der Waals surface area contributed by atoms with Crippen LogP contribution in [0.2, 0.25) is 0 Å². The summed E-state index contributed by atoms with van der Waals surface area (Å²) in [5.41, 5.74) is 3.72. The molecule has 0 saturated carbocycles. The van der Waals surface area contributed by atoms with Gasteiger partial charge in [-0.2, -0.15) is 11.3 Å². The van der Waals surface area contributed by atoms with Crippen LogP contribution in [0.5, 0.6) is 0 Å². The van der Waals surface area contributed by atoms with Crippen molar-refractivity contribution in [2.24, 2.45) is 5.92 Å². The zero-order valence-electron chi connectivity index (χ0n) is 9.68. The Morgan fingerprint density at radius 3 is 3.00 bits per heavy atom. The molecule has 0 aliphatic heterocycles. The summed E-state index contributed by atoms with van der Waals surface area (Å²) >= 11 is 1.72. The van der Waals surface area contributed by atoms with E-state index in [1.54, 1.807) is 11.3 Å². The largest absolute Gasteiger partial charge is 0.256 e. The normalized spacial score (nSPS) is 12.6. The van der Waals surface area contributed by atoms with Gasteiger partial charge in [-0.25, -0.2) is 0 Å². The lowest BCUT2D eigenvalue weighted by molar-refractivity contribution is 0.670. The lowest BCUT2D eigenvalue weighted by atomic mass is 9.96. The Morgan fingerprint density at radius 2 is 2.31 bits per heavy atom. The van der Waals surface area contributed by atoms with Gasteiger partial charge in [-0.05, 0) is 41.8 Å². The van der Waals surface area contributed by atoms with Gasteiger partial charge in [-0.3, -0.25) is 4.98 Å². The average Bonchev–Trinajstić information content (AvgIpc) is 2.83. The summed E-state index contributed by atoms with van der Waals surface area (Å²) in [6.45, 7) is 4.36. The van der Waals surface area contributed by atoms with Crippen LogP contribution in [-0.2, 0) is 6.42 Å². The van der Waals surface area contributed by atoms with Crippen LogP contribution in [0.1, 0.15) is 19.4 Å². The van der Waals surface area contributed by atoms with Crippen molar-refractivity contribution in [2.75, 3.05) is 0 Å². The summed E-state index contributed by atoms with van der Waals surface area (Å²) in [5, 5.41) is 4.26. The molecule has 1 unspecified atom stereocenters. The molecule has 0 saturated heterocycles. The van der Waals surface area contributed by atoms with Crippen molar-refractivity contribution >= 4 is 11.3 Å². The molecule has 1 atom stereocenters. The number of rotatable bonds is 4. The smallest absolute Gasteiger partial charge is 0.0742 e. The highest BCUT2D eigenvalue weighted by molar-refractivity contribution is 7.08. The van der Waals surface area contributed by atoms with E-state index in [2.05, 4.69) is 48.1 Å². The maximum Gasteiger partial charge on any atom is 0.0742 e. The van der Waals surface area contributed by atoms with Gasteiger partial charge in [0.25, 0.3) is 0 Å². The van der Waals surface area contributed by atoms with Crippen molar-refractivity contribution in [3.8, 4) is 11.3 Å². The van der Waals surface area contributed by atoms with Gasteiger partial charge in [0.1, 0.15) is 0 Å². The fourth-order valence-electron chi connectivity index (χ4n) is 1.73. The second kappa shape index (κ2) is 5.26. The highest BCUT2D eigenvalue weighted by Crippen LogP contribution is 2.25. The standard InChI is InChI=1S/C14H16NS/c1-3-11(2)9-12-5-4-7-15-14(12)13-6-8-16-10-13/h3-8,10-11H,9H2,1-2H3. The molecule has 2 rings (SSSR count). The third-order valence-corrected chi connectivity index (χ3v) is 3.48. The average molecular weight is 230 g/mol. The maximum absolute atomic E-state index is 4.50. The third kappa shape index (κ3) is 2.50. The SMILES string of the molecule is C[CH]C(C)Cc1cccnc1-c1ccsc1. The quantitative estimate of drug-likeness (QED) is 0.766. The maximum atomic E-state index is 4.50. The van der Waals surface area contributed by atoms with E-state index in [-0.39, 0.29) is 0 Å². The molecule has 2 aromatic heterocycles. The summed E-state index contributed by atoms with van der Waals surface area (Å²) in [7, 11) is 0. The Balaban J connectivity index is 2.31. The topological polar surface area (TPSA) is 12.9 Å². The molecule has 0 spiro atoms. The molecule has 0 aromatic carbocycles. The van der Waals surface area contributed by atoms with Crippen LogP contribution in [0.3, 0.4) is 0 Å². The van der Waals surface area contributed by atoms with Crippen LogP contribution in [0.15, 0.2) is 35.2 Å². The molecule has 0 N–H and O–H groups in total. The fraction of sp³-hybridized carbons (Fsp3) is 0.286. The predicted molar refractivity (Wildman–Crippen MR) is 70.4 cm³/mol. The minimum Gasteiger partial charge on any atom is -0.256 e. The van der Waals surface area contributed by atoms with E-state index < -0.39 is 0 Å². The molecule has 16 heavy (non-hydrogen) atoms. The second-order valence-corrected chi connectivity index (χ2v) is 4.82. The summed E-state index contributed by atoms with van der Waals surface area (Å²) < 4.78 is 0. The first-order valence-electron chi connectivity index (χ1n) is 5.57. The highest BCUT2D eigenvalue weighted by atomic mass is 32.1. The molecule has 2 aromatic rings. The Hall–Kier alpha value is -1.15. The van der Waals surface area contributed by atoms with Gasteiger partial charge in [-0.15, -0.1) is 0 Å². The summed E-state index contributed by atoms with van der Waals surface area (Å²) in [6, 6.07) is 6.34. The highest BCUT2D eigenvalue weighted by Gasteiger charge is 2.09. The van der Waals surface area contributed by atoms with E-state index in [9.17, 15) is 0 Å². The van der Waals surface area contributed by atoms with Gasteiger partial charge in [-0.1, -0.05) is 19.9 Å². The van der Waals surface area contributed by atoms with Crippen LogP contribution in [0.4, 0.5) is 0 Å². The molecule has 0 aliphatic carbocycles. The van der Waals surface area contributed by atoms with Crippen molar-refractivity contribution in [3.05, 3.63) is 47.1 Å². The third-order valence-electron chi connectivity index (χ3n) is 2.80. The van der Waals surface area contributed by atoms with E-state index in [4.69, 9.17) is 0 Å². The number of pyridine rings is 1. The zero-order valence-corrected chi connectivity index (χ0v) is 10.5. The Kier molecular flexibility index (Phi) is 3.73. The Labute approximate surface area is 101 Å². The van der Waals surface area contributed by atoms with E-state index in [0.29, 0.717) is 5.92 Å². The van der Waals surface area contributed by atoms with Gasteiger partial charge >= 0.3 is 0 Å². The molecular formula is C14H16NS. The van der Waals surface area contributed by atoms with E-state index in [1.165, 1.54) is 11.1 Å². The molecule has 0 fully saturated rings. The number of hydrogen-bond acceptors (Lipinski definition) is 2. The van der Waals surface area contributed by atoms with Gasteiger partial charge in [0.15, 0.2) is 0 Å². The molecule has 2 heterocycles. The molecule has 0 aliphatic rings.